The number of nitrogens with zero attached hydrogens (tertiary/aromatic N) is 3. The van der Waals surface area contributed by atoms with Gasteiger partial charge >= 0.3 is 6.03 Å². The molecule has 1 atom stereocenters. The first-order valence-corrected chi connectivity index (χ1v) is 8.97. The van der Waals surface area contributed by atoms with E-state index < -0.39 is 16.1 Å². The quantitative estimate of drug-likeness (QED) is 0.673. The van der Waals surface area contributed by atoms with E-state index in [1.54, 1.807) is 0 Å². The summed E-state index contributed by atoms with van der Waals surface area (Å²) in [6.45, 7) is 4.00. The molecule has 0 saturated carbocycles. The maximum absolute atomic E-state index is 12.1. The van der Waals surface area contributed by atoms with E-state index in [0.717, 1.165) is 6.42 Å². The Hall–Kier alpha value is -1.19. The Kier molecular flexibility index (Phi) is 4.84. The van der Waals surface area contributed by atoms with Crippen LogP contribution in [0, 0.1) is 0 Å². The fraction of sp³-hybridized carbons (Fsp3) is 0.833. The summed E-state index contributed by atoms with van der Waals surface area (Å²) in [6.07, 6.45) is 2.66. The summed E-state index contributed by atoms with van der Waals surface area (Å²) in [7, 11) is -3.17. The monoisotopic (exact) mass is 318 g/mol. The number of hydrogen-bond donors (Lipinski definition) is 1. The van der Waals surface area contributed by atoms with E-state index in [-0.39, 0.29) is 18.6 Å². The van der Waals surface area contributed by atoms with E-state index in [9.17, 15) is 18.0 Å². The number of hydrogen-bond acceptors (Lipinski definition) is 5. The number of imide groups is 1. The third-order valence-electron chi connectivity index (χ3n) is 3.83. The highest BCUT2D eigenvalue weighted by Gasteiger charge is 2.38. The number of piperazine rings is 1. The van der Waals surface area contributed by atoms with Gasteiger partial charge in [-0.2, -0.15) is 4.31 Å². The Morgan fingerprint density at radius 1 is 1.19 bits per heavy atom. The van der Waals surface area contributed by atoms with Crippen molar-refractivity contribution >= 4 is 22.0 Å². The van der Waals surface area contributed by atoms with Gasteiger partial charge in [0, 0.05) is 26.2 Å². The number of amides is 3. The van der Waals surface area contributed by atoms with Crippen molar-refractivity contribution in [1.82, 2.24) is 19.4 Å². The average molecular weight is 318 g/mol. The normalized spacial score (nSPS) is 25.4. The summed E-state index contributed by atoms with van der Waals surface area (Å²) in [4.78, 5) is 27.1. The highest BCUT2D eigenvalue weighted by Crippen LogP contribution is 2.13. The van der Waals surface area contributed by atoms with Crippen molar-refractivity contribution in [3.8, 4) is 0 Å². The molecule has 0 radical (unpaired) electrons. The second-order valence-corrected chi connectivity index (χ2v) is 7.46. The lowest BCUT2D eigenvalue weighted by atomic mass is 10.2. The van der Waals surface area contributed by atoms with Crippen LogP contribution in [0.1, 0.15) is 19.8 Å². The van der Waals surface area contributed by atoms with Crippen molar-refractivity contribution in [1.29, 1.82) is 0 Å². The summed E-state index contributed by atoms with van der Waals surface area (Å²) >= 11 is 0. The number of carbonyl (C=O) groups excluding carboxylic acids is 2. The van der Waals surface area contributed by atoms with Crippen molar-refractivity contribution < 1.29 is 18.0 Å². The van der Waals surface area contributed by atoms with Gasteiger partial charge in [-0.1, -0.05) is 13.3 Å². The first-order chi connectivity index (χ1) is 9.82. The molecular formula is C12H22N4O4S. The number of nitrogens with one attached hydrogen (secondary N) is 1. The van der Waals surface area contributed by atoms with Gasteiger partial charge in [0.1, 0.15) is 6.04 Å². The van der Waals surface area contributed by atoms with Crippen LogP contribution in [0.15, 0.2) is 0 Å². The predicted molar refractivity (Wildman–Crippen MR) is 76.9 cm³/mol. The van der Waals surface area contributed by atoms with Gasteiger partial charge in [0.25, 0.3) is 5.91 Å². The molecule has 0 unspecified atom stereocenters. The van der Waals surface area contributed by atoms with Crippen molar-refractivity contribution in [3.05, 3.63) is 0 Å². The van der Waals surface area contributed by atoms with Crippen LogP contribution in [-0.2, 0) is 14.8 Å². The lowest BCUT2D eigenvalue weighted by Crippen LogP contribution is -2.52. The van der Waals surface area contributed by atoms with E-state index >= 15 is 0 Å². The molecule has 0 spiro atoms. The van der Waals surface area contributed by atoms with E-state index in [1.165, 1.54) is 15.5 Å². The molecule has 21 heavy (non-hydrogen) atoms. The molecule has 0 aromatic carbocycles. The van der Waals surface area contributed by atoms with Gasteiger partial charge in [0.2, 0.25) is 10.0 Å². The summed E-state index contributed by atoms with van der Waals surface area (Å²) in [5.41, 5.74) is 0. The van der Waals surface area contributed by atoms with Crippen LogP contribution in [0.3, 0.4) is 0 Å². The topological polar surface area (TPSA) is 90.0 Å². The molecule has 9 heteroatoms. The van der Waals surface area contributed by atoms with Gasteiger partial charge in [0.05, 0.1) is 12.9 Å². The largest absolute Gasteiger partial charge is 0.326 e. The smallest absolute Gasteiger partial charge is 0.325 e. The number of urea groups is 1. The number of sulfonamides is 1. The van der Waals surface area contributed by atoms with Gasteiger partial charge in [0.15, 0.2) is 0 Å². The second-order valence-electron chi connectivity index (χ2n) is 5.48. The van der Waals surface area contributed by atoms with Gasteiger partial charge in [-0.15, -0.1) is 0 Å². The van der Waals surface area contributed by atoms with E-state index in [0.29, 0.717) is 32.6 Å². The standard InChI is InChI=1S/C12H22N4O4S/c1-3-4-10-11(17)16(12(18)13-10)9-14-5-7-15(8-6-14)21(2,19)20/h10H,3-9H2,1-2H3,(H,13,18)/t10-/m1/s1. The molecule has 0 aromatic heterocycles. The fourth-order valence-corrected chi connectivity index (χ4v) is 3.42. The zero-order valence-corrected chi connectivity index (χ0v) is 13.2. The minimum atomic E-state index is -3.17. The first-order valence-electron chi connectivity index (χ1n) is 7.12. The van der Waals surface area contributed by atoms with Crippen LogP contribution in [0.5, 0.6) is 0 Å². The average Bonchev–Trinajstić information content (AvgIpc) is 2.67. The van der Waals surface area contributed by atoms with Gasteiger partial charge in [-0.3, -0.25) is 9.69 Å². The van der Waals surface area contributed by atoms with Crippen LogP contribution in [0.4, 0.5) is 4.79 Å². The zero-order chi connectivity index (χ0) is 15.6. The lowest BCUT2D eigenvalue weighted by Gasteiger charge is -2.34. The summed E-state index contributed by atoms with van der Waals surface area (Å²) < 4.78 is 24.3. The third kappa shape index (κ3) is 3.72. The molecule has 2 aliphatic rings. The summed E-state index contributed by atoms with van der Waals surface area (Å²) in [6, 6.07) is -0.774. The Balaban J connectivity index is 1.89. The Morgan fingerprint density at radius 2 is 1.81 bits per heavy atom. The molecule has 0 aliphatic carbocycles. The molecule has 2 saturated heterocycles. The third-order valence-corrected chi connectivity index (χ3v) is 5.13. The molecule has 2 rings (SSSR count). The summed E-state index contributed by atoms with van der Waals surface area (Å²) in [5.74, 6) is -0.188. The van der Waals surface area contributed by atoms with Crippen LogP contribution < -0.4 is 5.32 Å². The molecule has 3 amide bonds. The van der Waals surface area contributed by atoms with Gasteiger partial charge in [-0.05, 0) is 6.42 Å². The Bertz CT molecular complexity index is 513. The van der Waals surface area contributed by atoms with Crippen molar-refractivity contribution in [2.24, 2.45) is 0 Å². The highest BCUT2D eigenvalue weighted by molar-refractivity contribution is 7.88. The molecule has 2 heterocycles. The zero-order valence-electron chi connectivity index (χ0n) is 12.4. The molecule has 2 aliphatic heterocycles. The van der Waals surface area contributed by atoms with E-state index in [2.05, 4.69) is 5.32 Å². The van der Waals surface area contributed by atoms with Gasteiger partial charge < -0.3 is 5.32 Å². The van der Waals surface area contributed by atoms with Crippen LogP contribution in [0.2, 0.25) is 0 Å². The molecular weight excluding hydrogens is 296 g/mol. The minimum absolute atomic E-state index is 0.188. The molecule has 1 N–H and O–H groups in total. The molecule has 8 nitrogen and oxygen atoms in total. The van der Waals surface area contributed by atoms with Crippen LogP contribution >= 0.6 is 0 Å². The number of carbonyl (C=O) groups is 2. The molecule has 120 valence electrons. The lowest BCUT2D eigenvalue weighted by molar-refractivity contribution is -0.129. The van der Waals surface area contributed by atoms with Crippen molar-refractivity contribution in [3.63, 3.8) is 0 Å². The Morgan fingerprint density at radius 3 is 2.33 bits per heavy atom. The Labute approximate surface area is 125 Å². The van der Waals surface area contributed by atoms with Crippen LogP contribution in [0.25, 0.3) is 0 Å². The van der Waals surface area contributed by atoms with Crippen molar-refractivity contribution in [2.45, 2.75) is 25.8 Å². The first kappa shape index (κ1) is 16.2. The summed E-state index contributed by atoms with van der Waals surface area (Å²) in [5, 5.41) is 2.68. The maximum atomic E-state index is 12.1. The van der Waals surface area contributed by atoms with Gasteiger partial charge in [-0.25, -0.2) is 18.1 Å². The highest BCUT2D eigenvalue weighted by atomic mass is 32.2. The van der Waals surface area contributed by atoms with E-state index in [4.69, 9.17) is 0 Å². The fourth-order valence-electron chi connectivity index (χ4n) is 2.60. The minimum Gasteiger partial charge on any atom is -0.326 e. The number of rotatable bonds is 5. The SMILES string of the molecule is CCC[C@H]1NC(=O)N(CN2CCN(S(C)(=O)=O)CC2)C1=O. The van der Waals surface area contributed by atoms with E-state index in [1.807, 2.05) is 11.8 Å². The van der Waals surface area contributed by atoms with Crippen LogP contribution in [-0.4, -0.2) is 79.6 Å². The predicted octanol–water partition coefficient (Wildman–Crippen LogP) is -0.758. The van der Waals surface area contributed by atoms with Crippen molar-refractivity contribution in [2.75, 3.05) is 39.1 Å². The molecule has 0 bridgehead atoms. The maximum Gasteiger partial charge on any atom is 0.325 e. The molecule has 2 fully saturated rings. The second kappa shape index (κ2) is 6.29. The molecule has 0 aromatic rings.